The molecular formula is C17H14O5. The standard InChI is InChI=1S/C17H14O5/c1-20-10-21-13-5-2-11(3-6-13)8-16-17(19)14-7-4-12(18)9-15(14)22-16/h2-9,18H,10H2,1H3/b16-8-. The Labute approximate surface area is 127 Å². The lowest BCUT2D eigenvalue weighted by Gasteiger charge is -2.04. The monoisotopic (exact) mass is 298 g/mol. The molecule has 1 heterocycles. The number of ketones is 1. The number of hydrogen-bond donors (Lipinski definition) is 1. The van der Waals surface area contributed by atoms with E-state index in [1.54, 1.807) is 31.4 Å². The van der Waals surface area contributed by atoms with Gasteiger partial charge in [-0.3, -0.25) is 4.79 Å². The van der Waals surface area contributed by atoms with E-state index in [1.807, 2.05) is 12.1 Å². The maximum Gasteiger partial charge on any atom is 0.231 e. The van der Waals surface area contributed by atoms with E-state index in [1.165, 1.54) is 12.1 Å². The first-order chi connectivity index (χ1) is 10.7. The normalized spacial score (nSPS) is 14.8. The number of phenolic OH excluding ortho intramolecular Hbond substituents is 1. The number of methoxy groups -OCH3 is 1. The molecule has 3 rings (SSSR count). The molecule has 0 unspecified atom stereocenters. The minimum absolute atomic E-state index is 0.0624. The van der Waals surface area contributed by atoms with Crippen LogP contribution >= 0.6 is 0 Å². The van der Waals surface area contributed by atoms with E-state index >= 15 is 0 Å². The van der Waals surface area contributed by atoms with E-state index in [-0.39, 0.29) is 24.1 Å². The van der Waals surface area contributed by atoms with Crippen molar-refractivity contribution in [3.8, 4) is 17.2 Å². The van der Waals surface area contributed by atoms with E-state index < -0.39 is 0 Å². The highest BCUT2D eigenvalue weighted by Crippen LogP contribution is 2.34. The number of Topliss-reactive ketones (excluding diaryl/α,β-unsaturated/α-hetero) is 1. The van der Waals surface area contributed by atoms with Gasteiger partial charge in [-0.2, -0.15) is 0 Å². The largest absolute Gasteiger partial charge is 0.508 e. The molecule has 1 aliphatic heterocycles. The molecule has 112 valence electrons. The van der Waals surface area contributed by atoms with Gasteiger partial charge in [0.2, 0.25) is 5.78 Å². The molecular weight excluding hydrogens is 284 g/mol. The number of carbonyl (C=O) groups is 1. The molecule has 2 aromatic rings. The quantitative estimate of drug-likeness (QED) is 0.694. The van der Waals surface area contributed by atoms with Crippen molar-refractivity contribution >= 4 is 11.9 Å². The highest BCUT2D eigenvalue weighted by molar-refractivity contribution is 6.14. The molecule has 0 saturated carbocycles. The van der Waals surface area contributed by atoms with Gasteiger partial charge in [0.15, 0.2) is 12.6 Å². The van der Waals surface area contributed by atoms with Gasteiger partial charge < -0.3 is 19.3 Å². The molecule has 0 bridgehead atoms. The highest BCUT2D eigenvalue weighted by atomic mass is 16.7. The first-order valence-electron chi connectivity index (χ1n) is 6.66. The molecule has 0 amide bonds. The number of rotatable bonds is 4. The van der Waals surface area contributed by atoms with Crippen molar-refractivity contribution in [2.75, 3.05) is 13.9 Å². The van der Waals surface area contributed by atoms with Gasteiger partial charge in [0.05, 0.1) is 5.56 Å². The molecule has 0 aliphatic carbocycles. The summed E-state index contributed by atoms with van der Waals surface area (Å²) in [5.74, 6) is 1.14. The maximum atomic E-state index is 12.2. The molecule has 22 heavy (non-hydrogen) atoms. The SMILES string of the molecule is COCOc1ccc(/C=C2\Oc3cc(O)ccc3C2=O)cc1. The average Bonchev–Trinajstić information content (AvgIpc) is 2.82. The Kier molecular flexibility index (Phi) is 3.80. The van der Waals surface area contributed by atoms with Crippen LogP contribution in [0.3, 0.4) is 0 Å². The first-order valence-corrected chi connectivity index (χ1v) is 6.66. The number of carbonyl (C=O) groups excluding carboxylic acids is 1. The van der Waals surface area contributed by atoms with Crippen LogP contribution in [-0.4, -0.2) is 24.8 Å². The summed E-state index contributed by atoms with van der Waals surface area (Å²) in [4.78, 5) is 12.2. The molecule has 0 spiro atoms. The molecule has 0 aromatic heterocycles. The Morgan fingerprint density at radius 1 is 1.18 bits per heavy atom. The van der Waals surface area contributed by atoms with Crippen molar-refractivity contribution < 1.29 is 24.1 Å². The minimum Gasteiger partial charge on any atom is -0.508 e. The van der Waals surface area contributed by atoms with Crippen molar-refractivity contribution in [2.24, 2.45) is 0 Å². The molecule has 0 saturated heterocycles. The van der Waals surface area contributed by atoms with Crippen molar-refractivity contribution in [3.63, 3.8) is 0 Å². The van der Waals surface area contributed by atoms with Crippen LogP contribution in [0.25, 0.3) is 6.08 Å². The van der Waals surface area contributed by atoms with Gasteiger partial charge in [-0.15, -0.1) is 0 Å². The highest BCUT2D eigenvalue weighted by Gasteiger charge is 2.27. The Hall–Kier alpha value is -2.79. The fourth-order valence-corrected chi connectivity index (χ4v) is 2.11. The summed E-state index contributed by atoms with van der Waals surface area (Å²) in [6.45, 7) is 0.181. The van der Waals surface area contributed by atoms with Gasteiger partial charge >= 0.3 is 0 Å². The number of aromatic hydroxyl groups is 1. The third-order valence-electron chi connectivity index (χ3n) is 3.17. The van der Waals surface area contributed by atoms with Gasteiger partial charge in [0.25, 0.3) is 0 Å². The number of phenols is 1. The summed E-state index contributed by atoms with van der Waals surface area (Å²) in [6.07, 6.45) is 1.65. The number of hydrogen-bond acceptors (Lipinski definition) is 5. The van der Waals surface area contributed by atoms with Crippen LogP contribution < -0.4 is 9.47 Å². The fraction of sp³-hybridized carbons (Fsp3) is 0.118. The Bertz CT molecular complexity index is 731. The predicted molar refractivity (Wildman–Crippen MR) is 80.0 cm³/mol. The van der Waals surface area contributed by atoms with E-state index in [0.717, 1.165) is 5.56 Å². The Balaban J connectivity index is 1.80. The van der Waals surface area contributed by atoms with Gasteiger partial charge in [-0.25, -0.2) is 0 Å². The zero-order chi connectivity index (χ0) is 15.5. The molecule has 1 N–H and O–H groups in total. The van der Waals surface area contributed by atoms with E-state index in [9.17, 15) is 9.90 Å². The van der Waals surface area contributed by atoms with Crippen LogP contribution in [-0.2, 0) is 4.74 Å². The lowest BCUT2D eigenvalue weighted by atomic mass is 10.1. The van der Waals surface area contributed by atoms with E-state index in [0.29, 0.717) is 17.1 Å². The topological polar surface area (TPSA) is 65.0 Å². The third-order valence-corrected chi connectivity index (χ3v) is 3.17. The molecule has 2 aromatic carbocycles. The van der Waals surface area contributed by atoms with Crippen LogP contribution in [0.2, 0.25) is 0 Å². The molecule has 5 nitrogen and oxygen atoms in total. The molecule has 0 atom stereocenters. The minimum atomic E-state index is -0.199. The first kappa shape index (κ1) is 14.2. The number of benzene rings is 2. The Morgan fingerprint density at radius 2 is 1.95 bits per heavy atom. The van der Waals surface area contributed by atoms with E-state index in [2.05, 4.69) is 0 Å². The van der Waals surface area contributed by atoms with Crippen LogP contribution in [0.5, 0.6) is 17.2 Å². The smallest absolute Gasteiger partial charge is 0.231 e. The van der Waals surface area contributed by atoms with Crippen molar-refractivity contribution in [2.45, 2.75) is 0 Å². The Morgan fingerprint density at radius 3 is 2.68 bits per heavy atom. The van der Waals surface area contributed by atoms with Crippen LogP contribution in [0.1, 0.15) is 15.9 Å². The molecule has 0 radical (unpaired) electrons. The van der Waals surface area contributed by atoms with Crippen LogP contribution in [0.4, 0.5) is 0 Å². The van der Waals surface area contributed by atoms with Crippen molar-refractivity contribution in [1.29, 1.82) is 0 Å². The summed E-state index contributed by atoms with van der Waals surface area (Å²) < 4.78 is 15.6. The number of ether oxygens (including phenoxy) is 3. The summed E-state index contributed by atoms with van der Waals surface area (Å²) in [7, 11) is 1.55. The predicted octanol–water partition coefficient (Wildman–Crippen LogP) is 2.99. The van der Waals surface area contributed by atoms with Crippen LogP contribution in [0, 0.1) is 0 Å². The zero-order valence-electron chi connectivity index (χ0n) is 11.9. The molecule has 0 fully saturated rings. The average molecular weight is 298 g/mol. The van der Waals surface area contributed by atoms with Gasteiger partial charge in [0, 0.05) is 13.2 Å². The summed E-state index contributed by atoms with van der Waals surface area (Å²) >= 11 is 0. The summed E-state index contributed by atoms with van der Waals surface area (Å²) in [6, 6.07) is 11.6. The van der Waals surface area contributed by atoms with E-state index in [4.69, 9.17) is 14.2 Å². The maximum absolute atomic E-state index is 12.2. The lowest BCUT2D eigenvalue weighted by Crippen LogP contribution is -1.99. The second-order valence-corrected chi connectivity index (χ2v) is 4.74. The second kappa shape index (κ2) is 5.91. The number of allylic oxidation sites excluding steroid dienone is 1. The number of fused-ring (bicyclic) bond motifs is 1. The summed E-state index contributed by atoms with van der Waals surface area (Å²) in [5, 5.41) is 9.43. The van der Waals surface area contributed by atoms with Gasteiger partial charge in [-0.05, 0) is 35.9 Å². The second-order valence-electron chi connectivity index (χ2n) is 4.74. The third kappa shape index (κ3) is 2.80. The lowest BCUT2D eigenvalue weighted by molar-refractivity contribution is 0.0511. The van der Waals surface area contributed by atoms with Crippen molar-refractivity contribution in [3.05, 3.63) is 59.4 Å². The van der Waals surface area contributed by atoms with Gasteiger partial charge in [-0.1, -0.05) is 12.1 Å². The fourth-order valence-electron chi connectivity index (χ4n) is 2.11. The zero-order valence-corrected chi connectivity index (χ0v) is 11.9. The molecule has 5 heteroatoms. The van der Waals surface area contributed by atoms with Gasteiger partial charge in [0.1, 0.15) is 17.2 Å². The summed E-state index contributed by atoms with van der Waals surface area (Å²) in [5.41, 5.74) is 1.26. The van der Waals surface area contributed by atoms with Crippen LogP contribution in [0.15, 0.2) is 48.2 Å². The van der Waals surface area contributed by atoms with Crippen molar-refractivity contribution in [1.82, 2.24) is 0 Å². The molecule has 1 aliphatic rings.